The van der Waals surface area contributed by atoms with Gasteiger partial charge in [0.15, 0.2) is 0 Å². The number of aryl methyl sites for hydroxylation is 1. The van der Waals surface area contributed by atoms with Crippen LogP contribution in [0.4, 0.5) is 5.69 Å². The van der Waals surface area contributed by atoms with Gasteiger partial charge in [-0.25, -0.2) is 0 Å². The van der Waals surface area contributed by atoms with Crippen LogP contribution < -0.4 is 5.32 Å². The van der Waals surface area contributed by atoms with Crippen molar-refractivity contribution in [1.29, 1.82) is 0 Å². The maximum atomic E-state index is 12.6. The second-order valence-electron chi connectivity index (χ2n) is 6.53. The molecule has 3 heterocycles. The Hall–Kier alpha value is -2.47. The number of rotatable bonds is 5. The van der Waals surface area contributed by atoms with E-state index in [4.69, 9.17) is 0 Å². The molecule has 0 saturated carbocycles. The molecular formula is C19H22N4OS. The van der Waals surface area contributed by atoms with Crippen LogP contribution in [-0.2, 0) is 6.54 Å². The highest BCUT2D eigenvalue weighted by molar-refractivity contribution is 7.17. The summed E-state index contributed by atoms with van der Waals surface area (Å²) >= 11 is 1.48. The van der Waals surface area contributed by atoms with Gasteiger partial charge in [0.25, 0.3) is 5.91 Å². The quantitative estimate of drug-likeness (QED) is 0.732. The van der Waals surface area contributed by atoms with E-state index in [0.29, 0.717) is 10.8 Å². The van der Waals surface area contributed by atoms with E-state index in [1.165, 1.54) is 11.3 Å². The molecule has 1 amide bonds. The van der Waals surface area contributed by atoms with Crippen LogP contribution in [0, 0.1) is 19.8 Å². The lowest BCUT2D eigenvalue weighted by atomic mass is 10.1. The Balaban J connectivity index is 1.77. The Bertz CT molecular complexity index is 894. The number of nitrogens with one attached hydrogen (secondary N) is 1. The van der Waals surface area contributed by atoms with Crippen molar-refractivity contribution in [2.75, 3.05) is 5.32 Å². The maximum Gasteiger partial charge on any atom is 0.265 e. The third-order valence-electron chi connectivity index (χ3n) is 4.01. The molecule has 0 aliphatic heterocycles. The lowest BCUT2D eigenvalue weighted by Gasteiger charge is -2.08. The van der Waals surface area contributed by atoms with E-state index >= 15 is 0 Å². The predicted octanol–water partition coefficient (Wildman–Crippen LogP) is 4.53. The van der Waals surface area contributed by atoms with Gasteiger partial charge in [0.05, 0.1) is 22.5 Å². The van der Waals surface area contributed by atoms with Crippen LogP contribution in [-0.4, -0.2) is 20.7 Å². The molecular weight excluding hydrogens is 332 g/mol. The monoisotopic (exact) mass is 354 g/mol. The van der Waals surface area contributed by atoms with Crippen LogP contribution in [0.2, 0.25) is 0 Å². The van der Waals surface area contributed by atoms with Crippen LogP contribution in [0.1, 0.15) is 34.8 Å². The van der Waals surface area contributed by atoms with Crippen LogP contribution in [0.3, 0.4) is 0 Å². The number of nitrogens with zero attached hydrogens (tertiary/aromatic N) is 3. The SMILES string of the molecule is Cc1cnccc1-c1ccc(C(=O)Nc2cnn(CC(C)C)c2C)s1. The molecule has 0 spiro atoms. The number of hydrogen-bond acceptors (Lipinski definition) is 4. The molecule has 5 nitrogen and oxygen atoms in total. The minimum absolute atomic E-state index is 0.102. The summed E-state index contributed by atoms with van der Waals surface area (Å²) in [4.78, 5) is 18.4. The standard InChI is InChI=1S/C19H22N4OS/c1-12(2)11-23-14(4)16(10-21-23)22-19(24)18-6-5-17(25-18)15-7-8-20-9-13(15)3/h5-10,12H,11H2,1-4H3,(H,22,24). The van der Waals surface area contributed by atoms with Crippen molar-refractivity contribution in [3.8, 4) is 10.4 Å². The zero-order chi connectivity index (χ0) is 18.0. The van der Waals surface area contributed by atoms with Crippen LogP contribution in [0.25, 0.3) is 10.4 Å². The van der Waals surface area contributed by atoms with Gasteiger partial charge in [0, 0.05) is 23.8 Å². The number of thiophene rings is 1. The second-order valence-corrected chi connectivity index (χ2v) is 7.61. The lowest BCUT2D eigenvalue weighted by molar-refractivity contribution is 0.103. The number of aromatic nitrogens is 3. The Labute approximate surface area is 151 Å². The predicted molar refractivity (Wildman–Crippen MR) is 102 cm³/mol. The molecule has 0 aromatic carbocycles. The number of carbonyl (C=O) groups excluding carboxylic acids is 1. The Morgan fingerprint density at radius 2 is 2.04 bits per heavy atom. The van der Waals surface area contributed by atoms with Crippen molar-refractivity contribution in [2.24, 2.45) is 5.92 Å². The van der Waals surface area contributed by atoms with Crippen molar-refractivity contribution < 1.29 is 4.79 Å². The molecule has 0 bridgehead atoms. The zero-order valence-corrected chi connectivity index (χ0v) is 15.7. The summed E-state index contributed by atoms with van der Waals surface area (Å²) in [5, 5.41) is 7.34. The van der Waals surface area contributed by atoms with E-state index in [2.05, 4.69) is 29.2 Å². The topological polar surface area (TPSA) is 59.8 Å². The van der Waals surface area contributed by atoms with Crippen molar-refractivity contribution in [3.05, 3.63) is 52.9 Å². The minimum Gasteiger partial charge on any atom is -0.318 e. The van der Waals surface area contributed by atoms with E-state index in [9.17, 15) is 4.79 Å². The highest BCUT2D eigenvalue weighted by Crippen LogP contribution is 2.30. The van der Waals surface area contributed by atoms with Crippen molar-refractivity contribution in [3.63, 3.8) is 0 Å². The maximum absolute atomic E-state index is 12.6. The average Bonchev–Trinajstić information content (AvgIpc) is 3.17. The smallest absolute Gasteiger partial charge is 0.265 e. The number of pyridine rings is 1. The fourth-order valence-corrected chi connectivity index (χ4v) is 3.63. The number of hydrogen-bond donors (Lipinski definition) is 1. The molecule has 0 aliphatic carbocycles. The van der Waals surface area contributed by atoms with Crippen LogP contribution >= 0.6 is 11.3 Å². The van der Waals surface area contributed by atoms with Crippen molar-refractivity contribution >= 4 is 22.9 Å². The Kier molecular flexibility index (Phi) is 4.99. The normalized spacial score (nSPS) is 11.1. The summed E-state index contributed by atoms with van der Waals surface area (Å²) in [6, 6.07) is 5.82. The second kappa shape index (κ2) is 7.19. The molecule has 3 aromatic rings. The summed E-state index contributed by atoms with van der Waals surface area (Å²) in [6.45, 7) is 9.13. The largest absolute Gasteiger partial charge is 0.318 e. The summed E-state index contributed by atoms with van der Waals surface area (Å²) in [5.41, 5.74) is 3.95. The molecule has 1 N–H and O–H groups in total. The molecule has 130 valence electrons. The molecule has 0 radical (unpaired) electrons. The van der Waals surface area contributed by atoms with E-state index in [1.807, 2.05) is 42.9 Å². The fourth-order valence-electron chi connectivity index (χ4n) is 2.64. The van der Waals surface area contributed by atoms with E-state index < -0.39 is 0 Å². The third kappa shape index (κ3) is 3.79. The summed E-state index contributed by atoms with van der Waals surface area (Å²) in [6.07, 6.45) is 5.33. The molecule has 6 heteroatoms. The van der Waals surface area contributed by atoms with Gasteiger partial charge in [0.1, 0.15) is 0 Å². The summed E-state index contributed by atoms with van der Waals surface area (Å²) in [5.74, 6) is 0.403. The first-order chi connectivity index (χ1) is 12.0. The summed E-state index contributed by atoms with van der Waals surface area (Å²) < 4.78 is 1.93. The first kappa shape index (κ1) is 17.4. The van der Waals surface area contributed by atoms with Gasteiger partial charge >= 0.3 is 0 Å². The first-order valence-corrected chi connectivity index (χ1v) is 9.12. The van der Waals surface area contributed by atoms with E-state index in [1.54, 1.807) is 12.4 Å². The molecule has 0 atom stereocenters. The zero-order valence-electron chi connectivity index (χ0n) is 14.9. The van der Waals surface area contributed by atoms with Gasteiger partial charge in [-0.05, 0) is 49.1 Å². The highest BCUT2D eigenvalue weighted by Gasteiger charge is 2.15. The molecule has 0 aliphatic rings. The molecule has 3 rings (SSSR count). The molecule has 0 saturated heterocycles. The minimum atomic E-state index is -0.102. The van der Waals surface area contributed by atoms with Gasteiger partial charge < -0.3 is 5.32 Å². The number of carbonyl (C=O) groups is 1. The Morgan fingerprint density at radius 3 is 2.76 bits per heavy atom. The van der Waals surface area contributed by atoms with Gasteiger partial charge in [-0.1, -0.05) is 13.8 Å². The number of amides is 1. The molecule has 25 heavy (non-hydrogen) atoms. The molecule has 3 aromatic heterocycles. The van der Waals surface area contributed by atoms with Crippen LogP contribution in [0.5, 0.6) is 0 Å². The van der Waals surface area contributed by atoms with Gasteiger partial charge in [-0.3, -0.25) is 14.5 Å². The molecule has 0 unspecified atom stereocenters. The summed E-state index contributed by atoms with van der Waals surface area (Å²) in [7, 11) is 0. The van der Waals surface area contributed by atoms with Gasteiger partial charge in [-0.2, -0.15) is 5.10 Å². The molecule has 0 fully saturated rings. The van der Waals surface area contributed by atoms with Crippen LogP contribution in [0.15, 0.2) is 36.8 Å². The van der Waals surface area contributed by atoms with Gasteiger partial charge in [-0.15, -0.1) is 11.3 Å². The van der Waals surface area contributed by atoms with Crippen molar-refractivity contribution in [2.45, 2.75) is 34.2 Å². The van der Waals surface area contributed by atoms with E-state index in [-0.39, 0.29) is 5.91 Å². The van der Waals surface area contributed by atoms with Crippen molar-refractivity contribution in [1.82, 2.24) is 14.8 Å². The van der Waals surface area contributed by atoms with E-state index in [0.717, 1.165) is 33.9 Å². The first-order valence-electron chi connectivity index (χ1n) is 8.30. The lowest BCUT2D eigenvalue weighted by Crippen LogP contribution is -2.12. The average molecular weight is 354 g/mol. The fraction of sp³-hybridized carbons (Fsp3) is 0.316. The Morgan fingerprint density at radius 1 is 1.24 bits per heavy atom. The van der Waals surface area contributed by atoms with Gasteiger partial charge in [0.2, 0.25) is 0 Å². The number of anilines is 1. The highest BCUT2D eigenvalue weighted by atomic mass is 32.1. The third-order valence-corrected chi connectivity index (χ3v) is 5.12.